The molecule has 0 aliphatic heterocycles. The molecule has 160 valence electrons. The minimum absolute atomic E-state index is 0.205. The topological polar surface area (TPSA) is 110 Å². The highest BCUT2D eigenvalue weighted by molar-refractivity contribution is 7.19. The highest BCUT2D eigenvalue weighted by Crippen LogP contribution is 2.23. The van der Waals surface area contributed by atoms with Crippen molar-refractivity contribution in [3.05, 3.63) is 76.7 Å². The van der Waals surface area contributed by atoms with Gasteiger partial charge in [0, 0.05) is 12.6 Å². The second-order valence-electron chi connectivity index (χ2n) is 6.95. The summed E-state index contributed by atoms with van der Waals surface area (Å²) in [7, 11) is 0. The molecule has 0 saturated heterocycles. The Balaban J connectivity index is 1.33. The Morgan fingerprint density at radius 2 is 2.03 bits per heavy atom. The number of fused-ring (bicyclic) bond motifs is 1. The van der Waals surface area contributed by atoms with E-state index in [0.29, 0.717) is 30.8 Å². The van der Waals surface area contributed by atoms with Crippen molar-refractivity contribution in [3.8, 4) is 11.8 Å². The number of halogens is 1. The number of hydrogen-bond acceptors (Lipinski definition) is 6. The molecule has 0 unspecified atom stereocenters. The summed E-state index contributed by atoms with van der Waals surface area (Å²) in [6, 6.07) is 15.6. The molecule has 0 spiro atoms. The molecule has 32 heavy (non-hydrogen) atoms. The molecule has 2 heterocycles. The normalized spacial score (nSPS) is 11.1. The lowest BCUT2D eigenvalue weighted by molar-refractivity contribution is -0.116. The monoisotopic (exact) mass is 446 g/mol. The fraction of sp³-hybridized carbons (Fsp3) is 0.130. The minimum atomic E-state index is -0.367. The number of aromatic nitrogens is 3. The number of aryl methyl sites for hydroxylation is 1. The molecule has 0 aliphatic rings. The molecule has 0 atom stereocenters. The number of hydrogen-bond donors (Lipinski definition) is 2. The van der Waals surface area contributed by atoms with E-state index in [9.17, 15) is 14.4 Å². The van der Waals surface area contributed by atoms with Gasteiger partial charge in [0.15, 0.2) is 0 Å². The molecule has 0 radical (unpaired) electrons. The molecule has 9 heteroatoms. The van der Waals surface area contributed by atoms with Gasteiger partial charge < -0.3 is 11.1 Å². The van der Waals surface area contributed by atoms with Crippen LogP contribution in [-0.4, -0.2) is 27.2 Å². The van der Waals surface area contributed by atoms with Gasteiger partial charge >= 0.3 is 0 Å². The van der Waals surface area contributed by atoms with Gasteiger partial charge in [0.25, 0.3) is 0 Å². The van der Waals surface area contributed by atoms with E-state index in [1.165, 1.54) is 34.2 Å². The zero-order valence-corrected chi connectivity index (χ0v) is 17.8. The number of benzene rings is 2. The number of nitrogens with two attached hydrogens (primary N) is 1. The van der Waals surface area contributed by atoms with Gasteiger partial charge in [0.2, 0.25) is 5.91 Å². The molecule has 4 aromatic rings. The molecular formula is C23H19FN6OS. The zero-order valence-electron chi connectivity index (χ0n) is 17.0. The third-order valence-electron chi connectivity index (χ3n) is 4.75. The summed E-state index contributed by atoms with van der Waals surface area (Å²) < 4.78 is 15.7. The van der Waals surface area contributed by atoms with E-state index in [4.69, 9.17) is 5.73 Å². The van der Waals surface area contributed by atoms with Crippen LogP contribution in [0.25, 0.3) is 22.0 Å². The summed E-state index contributed by atoms with van der Waals surface area (Å²) in [5.74, 6) is -0.383. The second-order valence-corrected chi connectivity index (χ2v) is 8.02. The average molecular weight is 447 g/mol. The smallest absolute Gasteiger partial charge is 0.244 e. The molecular weight excluding hydrogens is 427 g/mol. The lowest BCUT2D eigenvalue weighted by Crippen LogP contribution is -2.22. The second kappa shape index (κ2) is 9.41. The van der Waals surface area contributed by atoms with Crippen molar-refractivity contribution in [2.24, 2.45) is 0 Å². The number of rotatable bonds is 7. The maximum atomic E-state index is 13.2. The van der Waals surface area contributed by atoms with Crippen LogP contribution in [0.3, 0.4) is 0 Å². The molecule has 2 aromatic carbocycles. The van der Waals surface area contributed by atoms with Gasteiger partial charge in [-0.05, 0) is 55.3 Å². The van der Waals surface area contributed by atoms with Gasteiger partial charge in [0.1, 0.15) is 28.3 Å². The van der Waals surface area contributed by atoms with E-state index in [-0.39, 0.29) is 23.1 Å². The maximum absolute atomic E-state index is 13.2. The van der Waals surface area contributed by atoms with Crippen molar-refractivity contribution in [3.63, 3.8) is 0 Å². The predicted molar refractivity (Wildman–Crippen MR) is 123 cm³/mol. The van der Waals surface area contributed by atoms with Gasteiger partial charge in [-0.3, -0.25) is 4.79 Å². The number of nitriles is 1. The molecule has 4 rings (SSSR count). The summed E-state index contributed by atoms with van der Waals surface area (Å²) in [6.45, 7) is 0.414. The molecule has 7 nitrogen and oxygen atoms in total. The van der Waals surface area contributed by atoms with Crippen molar-refractivity contribution in [2.45, 2.75) is 12.8 Å². The first-order valence-electron chi connectivity index (χ1n) is 9.90. The Morgan fingerprint density at radius 1 is 1.25 bits per heavy atom. The number of carbonyl (C=O) groups excluding carboxylic acids is 1. The number of nitrogen functional groups attached to an aromatic ring is 1. The zero-order chi connectivity index (χ0) is 22.5. The lowest BCUT2D eigenvalue weighted by atomic mass is 10.1. The number of para-hydroxylation sites is 1. The van der Waals surface area contributed by atoms with Crippen LogP contribution in [-0.2, 0) is 11.2 Å². The fourth-order valence-electron chi connectivity index (χ4n) is 3.19. The van der Waals surface area contributed by atoms with Crippen molar-refractivity contribution in [2.75, 3.05) is 12.3 Å². The third kappa shape index (κ3) is 4.66. The Bertz CT molecular complexity index is 1300. The third-order valence-corrected chi connectivity index (χ3v) is 5.76. The number of amides is 1. The summed E-state index contributed by atoms with van der Waals surface area (Å²) >= 11 is 1.52. The van der Waals surface area contributed by atoms with Gasteiger partial charge in [-0.15, -0.1) is 11.3 Å². The van der Waals surface area contributed by atoms with E-state index < -0.39 is 0 Å². The first-order valence-corrected chi connectivity index (χ1v) is 10.7. The first-order chi connectivity index (χ1) is 15.5. The summed E-state index contributed by atoms with van der Waals surface area (Å²) in [4.78, 5) is 16.6. The minimum Gasteiger partial charge on any atom is -0.382 e. The van der Waals surface area contributed by atoms with E-state index >= 15 is 0 Å². The van der Waals surface area contributed by atoms with Crippen molar-refractivity contribution < 1.29 is 9.18 Å². The van der Waals surface area contributed by atoms with E-state index in [0.717, 1.165) is 15.2 Å². The summed E-state index contributed by atoms with van der Waals surface area (Å²) in [5.41, 5.74) is 8.36. The van der Waals surface area contributed by atoms with Crippen LogP contribution in [0.15, 0.2) is 54.6 Å². The first kappa shape index (κ1) is 21.2. The van der Waals surface area contributed by atoms with Crippen molar-refractivity contribution >= 4 is 39.4 Å². The number of nitrogens with one attached hydrogen (secondary N) is 1. The van der Waals surface area contributed by atoms with Gasteiger partial charge in [-0.1, -0.05) is 12.1 Å². The van der Waals surface area contributed by atoms with Crippen molar-refractivity contribution in [1.82, 2.24) is 20.1 Å². The van der Waals surface area contributed by atoms with Crippen LogP contribution in [0.5, 0.6) is 0 Å². The van der Waals surface area contributed by atoms with Gasteiger partial charge in [-0.2, -0.15) is 10.4 Å². The van der Waals surface area contributed by atoms with E-state index in [1.807, 2.05) is 24.3 Å². The Kier molecular flexibility index (Phi) is 6.24. The molecule has 0 fully saturated rings. The van der Waals surface area contributed by atoms with Crippen LogP contribution >= 0.6 is 11.3 Å². The molecule has 1 amide bonds. The fourth-order valence-corrected chi connectivity index (χ4v) is 4.06. The summed E-state index contributed by atoms with van der Waals surface area (Å²) in [5, 5.41) is 17.4. The predicted octanol–water partition coefficient (Wildman–Crippen LogP) is 3.84. The number of carbonyl (C=O) groups is 1. The van der Waals surface area contributed by atoms with E-state index in [1.54, 1.807) is 18.2 Å². The average Bonchev–Trinajstić information content (AvgIpc) is 3.36. The number of anilines is 1. The maximum Gasteiger partial charge on any atom is 0.244 e. The summed E-state index contributed by atoms with van der Waals surface area (Å²) in [6.07, 6.45) is 4.19. The standard InChI is InChI=1S/C23H19FN6OS/c24-15-7-9-16(10-8-15)30-23(26)17(14-25)18(29-30)5-3-13-27-21(31)11-12-22-28-19-4-1-2-6-20(19)32-22/h1-2,4,6-12H,3,5,13,26H2,(H,27,31)/b12-11+. The van der Waals surface area contributed by atoms with Crippen LogP contribution in [0.4, 0.5) is 10.2 Å². The van der Waals surface area contributed by atoms with Crippen LogP contribution in [0.1, 0.15) is 22.7 Å². The Labute approximate surface area is 187 Å². The van der Waals surface area contributed by atoms with Gasteiger partial charge in [0.05, 0.1) is 21.6 Å². The molecule has 2 aromatic heterocycles. The molecule has 0 aliphatic carbocycles. The van der Waals surface area contributed by atoms with E-state index in [2.05, 4.69) is 21.5 Å². The molecule has 3 N–H and O–H groups in total. The highest BCUT2D eigenvalue weighted by atomic mass is 32.1. The molecule has 0 bridgehead atoms. The Hall–Kier alpha value is -4.03. The van der Waals surface area contributed by atoms with Gasteiger partial charge in [-0.25, -0.2) is 14.1 Å². The van der Waals surface area contributed by atoms with Crippen LogP contribution in [0.2, 0.25) is 0 Å². The number of thiazole rings is 1. The quantitative estimate of drug-likeness (QED) is 0.331. The Morgan fingerprint density at radius 3 is 2.78 bits per heavy atom. The SMILES string of the molecule is N#Cc1c(CCCNC(=O)/C=C/c2nc3ccccc3s2)nn(-c2ccc(F)cc2)c1N. The highest BCUT2D eigenvalue weighted by Gasteiger charge is 2.16. The van der Waals surface area contributed by atoms with Crippen LogP contribution < -0.4 is 11.1 Å². The van der Waals surface area contributed by atoms with Crippen LogP contribution in [0, 0.1) is 17.1 Å². The number of nitrogens with zero attached hydrogens (tertiary/aromatic N) is 4. The molecule has 0 saturated carbocycles. The van der Waals surface area contributed by atoms with Crippen molar-refractivity contribution in [1.29, 1.82) is 5.26 Å². The lowest BCUT2D eigenvalue weighted by Gasteiger charge is -2.03. The largest absolute Gasteiger partial charge is 0.382 e.